The van der Waals surface area contributed by atoms with E-state index in [0.717, 1.165) is 30.6 Å². The van der Waals surface area contributed by atoms with Crippen molar-refractivity contribution in [2.45, 2.75) is 19.8 Å². The second-order valence-corrected chi connectivity index (χ2v) is 4.88. The molecule has 96 valence electrons. The highest BCUT2D eigenvalue weighted by Gasteiger charge is 2.08. The summed E-state index contributed by atoms with van der Waals surface area (Å²) in [4.78, 5) is 6.85. The van der Waals surface area contributed by atoms with E-state index < -0.39 is 0 Å². The molecule has 3 nitrogen and oxygen atoms in total. The molecular weight excluding hydrogens is 222 g/mol. The van der Waals surface area contributed by atoms with Crippen LogP contribution in [-0.4, -0.2) is 25.6 Å². The van der Waals surface area contributed by atoms with Gasteiger partial charge >= 0.3 is 0 Å². The molecule has 0 spiro atoms. The van der Waals surface area contributed by atoms with Crippen LogP contribution in [0.15, 0.2) is 24.3 Å². The smallest absolute Gasteiger partial charge is 0.0757 e. The number of hydrogen-bond acceptors (Lipinski definition) is 3. The summed E-state index contributed by atoms with van der Waals surface area (Å²) in [5.74, 6) is 0. The molecule has 0 saturated carbocycles. The Labute approximate surface area is 109 Å². The minimum absolute atomic E-state index is 0.725. The summed E-state index contributed by atoms with van der Waals surface area (Å²) in [6.45, 7) is 2.77. The summed E-state index contributed by atoms with van der Waals surface area (Å²) in [7, 11) is 4.14. The van der Waals surface area contributed by atoms with Crippen LogP contribution in [0.5, 0.6) is 0 Å². The highest BCUT2D eigenvalue weighted by molar-refractivity contribution is 5.93. The normalized spacial score (nSPS) is 10.9. The topological polar surface area (TPSA) is 42.1 Å². The molecule has 0 bridgehead atoms. The Morgan fingerprint density at radius 2 is 2.06 bits per heavy atom. The van der Waals surface area contributed by atoms with Crippen LogP contribution >= 0.6 is 0 Å². The first-order valence-corrected chi connectivity index (χ1v) is 6.40. The summed E-state index contributed by atoms with van der Waals surface area (Å²) in [5, 5.41) is 1.22. The lowest BCUT2D eigenvalue weighted by molar-refractivity contribution is 0.835. The molecule has 0 aliphatic carbocycles. The molecule has 18 heavy (non-hydrogen) atoms. The summed E-state index contributed by atoms with van der Waals surface area (Å²) in [6, 6.07) is 8.54. The molecule has 0 saturated heterocycles. The van der Waals surface area contributed by atoms with Crippen molar-refractivity contribution in [1.29, 1.82) is 0 Å². The van der Waals surface area contributed by atoms with Gasteiger partial charge in [0.15, 0.2) is 0 Å². The third kappa shape index (κ3) is 2.46. The maximum atomic E-state index is 5.60. The maximum absolute atomic E-state index is 5.60. The lowest BCUT2D eigenvalue weighted by atomic mass is 10.0. The summed E-state index contributed by atoms with van der Waals surface area (Å²) in [5.41, 5.74) is 10.3. The second-order valence-electron chi connectivity index (χ2n) is 4.88. The predicted octanol–water partition coefficient (Wildman–Crippen LogP) is 2.50. The Morgan fingerprint density at radius 3 is 2.72 bits per heavy atom. The quantitative estimate of drug-likeness (QED) is 0.897. The molecule has 2 N–H and O–H groups in total. The van der Waals surface area contributed by atoms with Gasteiger partial charge in [-0.05, 0) is 37.9 Å². The van der Waals surface area contributed by atoms with Crippen molar-refractivity contribution in [3.63, 3.8) is 0 Å². The number of aryl methyl sites for hydroxylation is 2. The number of anilines is 1. The number of para-hydroxylation sites is 1. The summed E-state index contributed by atoms with van der Waals surface area (Å²) >= 11 is 0. The van der Waals surface area contributed by atoms with Gasteiger partial charge in [0.05, 0.1) is 5.52 Å². The lowest BCUT2D eigenvalue weighted by Gasteiger charge is -2.17. The average Bonchev–Trinajstić information content (AvgIpc) is 2.35. The van der Waals surface area contributed by atoms with Gasteiger partial charge in [-0.15, -0.1) is 0 Å². The Bertz CT molecular complexity index is 547. The number of benzene rings is 1. The van der Waals surface area contributed by atoms with E-state index in [-0.39, 0.29) is 0 Å². The van der Waals surface area contributed by atoms with Crippen molar-refractivity contribution in [3.05, 3.63) is 35.5 Å². The van der Waals surface area contributed by atoms with Crippen molar-refractivity contribution < 1.29 is 0 Å². The summed E-state index contributed by atoms with van der Waals surface area (Å²) in [6.07, 6.45) is 2.00. The summed E-state index contributed by atoms with van der Waals surface area (Å²) < 4.78 is 0. The van der Waals surface area contributed by atoms with E-state index in [1.165, 1.54) is 16.6 Å². The highest BCUT2D eigenvalue weighted by Crippen LogP contribution is 2.27. The predicted molar refractivity (Wildman–Crippen MR) is 78.2 cm³/mol. The molecule has 1 aromatic heterocycles. The number of aromatic nitrogens is 1. The van der Waals surface area contributed by atoms with Gasteiger partial charge in [-0.2, -0.15) is 0 Å². The van der Waals surface area contributed by atoms with Crippen LogP contribution < -0.4 is 10.6 Å². The van der Waals surface area contributed by atoms with Gasteiger partial charge in [-0.25, -0.2) is 0 Å². The van der Waals surface area contributed by atoms with Crippen LogP contribution in [0.4, 0.5) is 5.69 Å². The average molecular weight is 243 g/mol. The molecule has 0 amide bonds. The monoisotopic (exact) mass is 243 g/mol. The first-order valence-electron chi connectivity index (χ1n) is 6.40. The Kier molecular flexibility index (Phi) is 3.82. The second kappa shape index (κ2) is 5.36. The van der Waals surface area contributed by atoms with Gasteiger partial charge in [-0.3, -0.25) is 4.98 Å². The molecule has 0 aliphatic heterocycles. The maximum Gasteiger partial charge on any atom is 0.0757 e. The van der Waals surface area contributed by atoms with Crippen LogP contribution in [0.3, 0.4) is 0 Å². The molecule has 0 fully saturated rings. The minimum Gasteiger partial charge on any atom is -0.377 e. The van der Waals surface area contributed by atoms with Crippen LogP contribution in [0.25, 0.3) is 10.9 Å². The van der Waals surface area contributed by atoms with E-state index in [4.69, 9.17) is 10.7 Å². The minimum atomic E-state index is 0.725. The van der Waals surface area contributed by atoms with Gasteiger partial charge < -0.3 is 10.6 Å². The molecule has 1 heterocycles. The van der Waals surface area contributed by atoms with Gasteiger partial charge in [0.1, 0.15) is 0 Å². The molecule has 0 radical (unpaired) electrons. The standard InChI is InChI=1S/C15H21N3/c1-11-10-14(18(2)3)13-8-4-6-12(7-5-9-16)15(13)17-11/h4,6,8,10H,5,7,9,16H2,1-3H3. The van der Waals surface area contributed by atoms with E-state index in [9.17, 15) is 0 Å². The lowest BCUT2D eigenvalue weighted by Crippen LogP contribution is -2.10. The van der Waals surface area contributed by atoms with E-state index in [2.05, 4.69) is 43.3 Å². The first-order chi connectivity index (χ1) is 8.63. The molecule has 0 aliphatic rings. The SMILES string of the molecule is Cc1cc(N(C)C)c2cccc(CCCN)c2n1. The number of fused-ring (bicyclic) bond motifs is 1. The zero-order valence-electron chi connectivity index (χ0n) is 11.4. The van der Waals surface area contributed by atoms with Gasteiger partial charge in [0, 0.05) is 30.9 Å². The van der Waals surface area contributed by atoms with Crippen molar-refractivity contribution >= 4 is 16.6 Å². The van der Waals surface area contributed by atoms with Crippen molar-refractivity contribution in [1.82, 2.24) is 4.98 Å². The fraction of sp³-hybridized carbons (Fsp3) is 0.400. The number of nitrogens with zero attached hydrogens (tertiary/aromatic N) is 2. The Hall–Kier alpha value is -1.61. The number of nitrogens with two attached hydrogens (primary N) is 1. The molecule has 1 aromatic carbocycles. The third-order valence-electron chi connectivity index (χ3n) is 3.16. The molecule has 0 atom stereocenters. The molecular formula is C15H21N3. The third-order valence-corrected chi connectivity index (χ3v) is 3.16. The van der Waals surface area contributed by atoms with E-state index in [0.29, 0.717) is 0 Å². The number of rotatable bonds is 4. The van der Waals surface area contributed by atoms with Crippen LogP contribution in [0.2, 0.25) is 0 Å². The fourth-order valence-electron chi connectivity index (χ4n) is 2.28. The van der Waals surface area contributed by atoms with Crippen molar-refractivity contribution in [2.75, 3.05) is 25.5 Å². The Balaban J connectivity index is 2.61. The van der Waals surface area contributed by atoms with Crippen LogP contribution in [0.1, 0.15) is 17.7 Å². The largest absolute Gasteiger partial charge is 0.377 e. The molecule has 2 aromatic rings. The van der Waals surface area contributed by atoms with Gasteiger partial charge in [-0.1, -0.05) is 18.2 Å². The van der Waals surface area contributed by atoms with E-state index >= 15 is 0 Å². The van der Waals surface area contributed by atoms with Crippen molar-refractivity contribution in [3.8, 4) is 0 Å². The van der Waals surface area contributed by atoms with Gasteiger partial charge in [0.2, 0.25) is 0 Å². The number of hydrogen-bond donors (Lipinski definition) is 1. The first kappa shape index (κ1) is 12.8. The van der Waals surface area contributed by atoms with E-state index in [1.807, 2.05) is 6.92 Å². The van der Waals surface area contributed by atoms with Gasteiger partial charge in [0.25, 0.3) is 0 Å². The fourth-order valence-corrected chi connectivity index (χ4v) is 2.28. The molecule has 0 unspecified atom stereocenters. The van der Waals surface area contributed by atoms with Crippen LogP contribution in [0, 0.1) is 6.92 Å². The zero-order valence-corrected chi connectivity index (χ0v) is 11.4. The Morgan fingerprint density at radius 1 is 1.28 bits per heavy atom. The van der Waals surface area contributed by atoms with Crippen LogP contribution in [-0.2, 0) is 6.42 Å². The number of pyridine rings is 1. The zero-order chi connectivity index (χ0) is 13.1. The highest BCUT2D eigenvalue weighted by atomic mass is 15.1. The molecule has 2 rings (SSSR count). The molecule has 3 heteroatoms. The van der Waals surface area contributed by atoms with Crippen molar-refractivity contribution in [2.24, 2.45) is 5.73 Å². The van der Waals surface area contributed by atoms with E-state index in [1.54, 1.807) is 0 Å².